The average Bonchev–Trinajstić information content (AvgIpc) is 2.82. The summed E-state index contributed by atoms with van der Waals surface area (Å²) in [6, 6.07) is 0. The van der Waals surface area contributed by atoms with E-state index in [0.717, 1.165) is 18.9 Å². The van der Waals surface area contributed by atoms with E-state index in [1.165, 1.54) is 0 Å². The van der Waals surface area contributed by atoms with E-state index in [9.17, 15) is 5.11 Å². The Morgan fingerprint density at radius 3 is 2.79 bits per heavy atom. The maximum Gasteiger partial charge on any atom is 0.198 e. The number of halogens is 1. The van der Waals surface area contributed by atoms with Gasteiger partial charge >= 0.3 is 0 Å². The van der Waals surface area contributed by atoms with Crippen molar-refractivity contribution in [1.29, 1.82) is 0 Å². The van der Waals surface area contributed by atoms with E-state index in [2.05, 4.69) is 35.9 Å². The third kappa shape index (κ3) is 2.43. The van der Waals surface area contributed by atoms with Gasteiger partial charge in [0, 0.05) is 13.1 Å². The summed E-state index contributed by atoms with van der Waals surface area (Å²) in [7, 11) is 0. The Kier molecular flexibility index (Phi) is 3.38. The zero-order chi connectivity index (χ0) is 13.4. The summed E-state index contributed by atoms with van der Waals surface area (Å²) in [6.07, 6.45) is 1.04. The Morgan fingerprint density at radius 1 is 1.37 bits per heavy atom. The molecule has 7 nitrogen and oxygen atoms in total. The number of ether oxygens (including phenoxy) is 1. The van der Waals surface area contributed by atoms with Crippen molar-refractivity contribution in [2.45, 2.75) is 13.0 Å². The molecule has 1 aliphatic heterocycles. The smallest absolute Gasteiger partial charge is 0.198 e. The molecule has 0 radical (unpaired) electrons. The lowest BCUT2D eigenvalue weighted by Gasteiger charge is -2.27. The molecule has 2 aromatic heterocycles. The van der Waals surface area contributed by atoms with Gasteiger partial charge in [-0.15, -0.1) is 5.10 Å². The maximum absolute atomic E-state index is 9.59. The Bertz CT molecular complexity index is 594. The second-order valence-electron chi connectivity index (χ2n) is 4.40. The highest BCUT2D eigenvalue weighted by atomic mass is 79.9. The number of aromatic nitrogens is 4. The third-order valence-electron chi connectivity index (χ3n) is 2.97. The van der Waals surface area contributed by atoms with Crippen LogP contribution in [0.3, 0.4) is 0 Å². The van der Waals surface area contributed by atoms with Crippen LogP contribution in [0.2, 0.25) is 0 Å². The van der Waals surface area contributed by atoms with Crippen LogP contribution in [0.5, 0.6) is 0 Å². The molecule has 1 saturated heterocycles. The Labute approximate surface area is 118 Å². The van der Waals surface area contributed by atoms with E-state index in [1.807, 2.05) is 0 Å². The quantitative estimate of drug-likeness (QED) is 0.878. The third-order valence-corrected chi connectivity index (χ3v) is 3.36. The van der Waals surface area contributed by atoms with Gasteiger partial charge in [0.15, 0.2) is 17.3 Å². The van der Waals surface area contributed by atoms with Crippen LogP contribution in [0.15, 0.2) is 10.8 Å². The molecule has 19 heavy (non-hydrogen) atoms. The zero-order valence-corrected chi connectivity index (χ0v) is 12.0. The van der Waals surface area contributed by atoms with Crippen LogP contribution < -0.4 is 4.90 Å². The van der Waals surface area contributed by atoms with Gasteiger partial charge < -0.3 is 14.7 Å². The fourth-order valence-corrected chi connectivity index (χ4v) is 2.39. The van der Waals surface area contributed by atoms with Crippen molar-refractivity contribution in [2.75, 3.05) is 31.2 Å². The molecule has 3 heterocycles. The van der Waals surface area contributed by atoms with E-state index in [4.69, 9.17) is 4.74 Å². The highest BCUT2D eigenvalue weighted by Crippen LogP contribution is 2.23. The van der Waals surface area contributed by atoms with Gasteiger partial charge in [-0.25, -0.2) is 14.5 Å². The zero-order valence-electron chi connectivity index (χ0n) is 10.5. The van der Waals surface area contributed by atoms with Crippen molar-refractivity contribution in [2.24, 2.45) is 0 Å². The molecule has 0 spiro atoms. The predicted molar refractivity (Wildman–Crippen MR) is 72.1 cm³/mol. The molecule has 0 saturated carbocycles. The van der Waals surface area contributed by atoms with Crippen LogP contribution in [0, 0.1) is 0 Å². The molecule has 1 N–H and O–H groups in total. The average molecular weight is 328 g/mol. The topological polar surface area (TPSA) is 75.8 Å². The molecule has 0 aliphatic carbocycles. The summed E-state index contributed by atoms with van der Waals surface area (Å²) >= 11 is 3.38. The Morgan fingerprint density at radius 2 is 2.11 bits per heavy atom. The molecular formula is C11H14BrN5O2. The SMILES string of the molecule is CC(O)c1nc2c(N3CCOCC3)nc(Br)cn2n1. The summed E-state index contributed by atoms with van der Waals surface area (Å²) in [4.78, 5) is 11.0. The highest BCUT2D eigenvalue weighted by molar-refractivity contribution is 9.10. The monoisotopic (exact) mass is 327 g/mol. The Hall–Kier alpha value is -1.25. The maximum atomic E-state index is 9.59. The van der Waals surface area contributed by atoms with Crippen molar-refractivity contribution in [3.05, 3.63) is 16.6 Å². The van der Waals surface area contributed by atoms with Crippen molar-refractivity contribution in [3.8, 4) is 0 Å². The normalized spacial score (nSPS) is 17.9. The van der Waals surface area contributed by atoms with Gasteiger partial charge in [-0.3, -0.25) is 0 Å². The van der Waals surface area contributed by atoms with Crippen LogP contribution in [0.4, 0.5) is 5.82 Å². The largest absolute Gasteiger partial charge is 0.385 e. The van der Waals surface area contributed by atoms with Crippen molar-refractivity contribution >= 4 is 27.4 Å². The van der Waals surface area contributed by atoms with E-state index >= 15 is 0 Å². The summed E-state index contributed by atoms with van der Waals surface area (Å²) in [5, 5.41) is 13.8. The number of nitrogens with zero attached hydrogens (tertiary/aromatic N) is 5. The van der Waals surface area contributed by atoms with Gasteiger partial charge in [0.05, 0.1) is 19.4 Å². The first-order valence-electron chi connectivity index (χ1n) is 6.09. The summed E-state index contributed by atoms with van der Waals surface area (Å²) in [6.45, 7) is 4.55. The van der Waals surface area contributed by atoms with Crippen LogP contribution in [0.1, 0.15) is 18.9 Å². The number of rotatable bonds is 2. The fourth-order valence-electron chi connectivity index (χ4n) is 2.03. The van der Waals surface area contributed by atoms with Gasteiger partial charge in [-0.1, -0.05) is 0 Å². The van der Waals surface area contributed by atoms with Gasteiger partial charge in [0.2, 0.25) is 0 Å². The van der Waals surface area contributed by atoms with Crippen LogP contribution >= 0.6 is 15.9 Å². The number of aliphatic hydroxyl groups excluding tert-OH is 1. The number of hydrogen-bond donors (Lipinski definition) is 1. The van der Waals surface area contributed by atoms with Gasteiger partial charge in [0.1, 0.15) is 10.7 Å². The molecule has 2 aromatic rings. The predicted octanol–water partition coefficient (Wildman–Crippen LogP) is 0.777. The number of aliphatic hydroxyl groups is 1. The first-order chi connectivity index (χ1) is 9.15. The summed E-state index contributed by atoms with van der Waals surface area (Å²) in [5.74, 6) is 1.16. The molecule has 1 aliphatic rings. The molecule has 0 amide bonds. The van der Waals surface area contributed by atoms with Gasteiger partial charge in [-0.05, 0) is 22.9 Å². The fraction of sp³-hybridized carbons (Fsp3) is 0.545. The van der Waals surface area contributed by atoms with Crippen LogP contribution in [-0.4, -0.2) is 51.0 Å². The number of hydrogen-bond acceptors (Lipinski definition) is 6. The number of morpholine rings is 1. The first-order valence-corrected chi connectivity index (χ1v) is 6.88. The van der Waals surface area contributed by atoms with Crippen LogP contribution in [-0.2, 0) is 4.74 Å². The standard InChI is InChI=1S/C11H14BrN5O2/c1-7(18)9-14-11-10(16-2-4-19-5-3-16)13-8(12)6-17(11)15-9/h6-7,18H,2-5H2,1H3. The lowest BCUT2D eigenvalue weighted by atomic mass is 10.4. The lowest BCUT2D eigenvalue weighted by molar-refractivity contribution is 0.122. The molecule has 3 rings (SSSR count). The molecular weight excluding hydrogens is 314 g/mol. The molecule has 1 unspecified atom stereocenters. The summed E-state index contributed by atoms with van der Waals surface area (Å²) in [5.41, 5.74) is 0.654. The number of anilines is 1. The van der Waals surface area contributed by atoms with Crippen molar-refractivity contribution < 1.29 is 9.84 Å². The molecule has 1 fully saturated rings. The summed E-state index contributed by atoms with van der Waals surface area (Å²) < 4.78 is 7.67. The van der Waals surface area contributed by atoms with Crippen molar-refractivity contribution in [1.82, 2.24) is 19.6 Å². The molecule has 0 bridgehead atoms. The van der Waals surface area contributed by atoms with E-state index in [-0.39, 0.29) is 0 Å². The lowest BCUT2D eigenvalue weighted by Crippen LogP contribution is -2.37. The first kappa shape index (κ1) is 12.8. The van der Waals surface area contributed by atoms with Gasteiger partial charge in [0.25, 0.3) is 0 Å². The minimum Gasteiger partial charge on any atom is -0.385 e. The second kappa shape index (κ2) is 5.03. The minimum absolute atomic E-state index is 0.398. The molecule has 1 atom stereocenters. The molecule has 8 heteroatoms. The Balaban J connectivity index is 2.10. The van der Waals surface area contributed by atoms with Gasteiger partial charge in [-0.2, -0.15) is 0 Å². The van der Waals surface area contributed by atoms with E-state index in [0.29, 0.717) is 29.3 Å². The minimum atomic E-state index is -0.698. The highest BCUT2D eigenvalue weighted by Gasteiger charge is 2.20. The van der Waals surface area contributed by atoms with E-state index in [1.54, 1.807) is 17.6 Å². The van der Waals surface area contributed by atoms with E-state index < -0.39 is 6.10 Å². The molecule has 102 valence electrons. The van der Waals surface area contributed by atoms with Crippen LogP contribution in [0.25, 0.3) is 5.65 Å². The number of fused-ring (bicyclic) bond motifs is 1. The van der Waals surface area contributed by atoms with Crippen molar-refractivity contribution in [3.63, 3.8) is 0 Å². The second-order valence-corrected chi connectivity index (χ2v) is 5.21. The molecule has 0 aromatic carbocycles.